The molecule has 0 spiro atoms. The molecule has 0 bridgehead atoms. The standard InChI is InChI=1S/C33H22N4O/c34-23-24-17-19-27(20-18-24)35-29-16-8-10-22-37(29)31-28-15-7-9-21-36(28)32(30(31)25-11-3-1-4-12-25)33(38)26-13-5-2-6-14-26/h1-22H/b35-29+. The van der Waals surface area contributed by atoms with Gasteiger partial charge in [0.1, 0.15) is 11.2 Å². The molecule has 3 aromatic heterocycles. The van der Waals surface area contributed by atoms with Gasteiger partial charge in [-0.15, -0.1) is 0 Å². The smallest absolute Gasteiger partial charge is 0.210 e. The number of ketones is 1. The lowest BCUT2D eigenvalue weighted by atomic mass is 9.99. The minimum atomic E-state index is -0.0565. The maximum Gasteiger partial charge on any atom is 0.210 e. The molecule has 0 aliphatic carbocycles. The van der Waals surface area contributed by atoms with Crippen LogP contribution in [0.15, 0.2) is 139 Å². The van der Waals surface area contributed by atoms with E-state index in [-0.39, 0.29) is 5.78 Å². The van der Waals surface area contributed by atoms with Gasteiger partial charge in [0.15, 0.2) is 0 Å². The number of benzene rings is 3. The number of pyridine rings is 2. The highest BCUT2D eigenvalue weighted by Crippen LogP contribution is 2.37. The third-order valence-corrected chi connectivity index (χ3v) is 6.45. The third-order valence-electron chi connectivity index (χ3n) is 6.45. The topological polar surface area (TPSA) is 62.6 Å². The summed E-state index contributed by atoms with van der Waals surface area (Å²) in [5.41, 5.74) is 6.75. The lowest BCUT2D eigenvalue weighted by molar-refractivity contribution is 0.103. The third kappa shape index (κ3) is 4.11. The van der Waals surface area contributed by atoms with Gasteiger partial charge in [0.25, 0.3) is 0 Å². The number of fused-ring (bicyclic) bond motifs is 1. The van der Waals surface area contributed by atoms with Crippen molar-refractivity contribution in [2.75, 3.05) is 0 Å². The summed E-state index contributed by atoms with van der Waals surface area (Å²) in [5, 5.41) is 9.17. The lowest BCUT2D eigenvalue weighted by Gasteiger charge is -2.12. The van der Waals surface area contributed by atoms with Gasteiger partial charge in [0, 0.05) is 23.5 Å². The van der Waals surface area contributed by atoms with Gasteiger partial charge in [-0.05, 0) is 54.1 Å². The second-order valence-electron chi connectivity index (χ2n) is 8.79. The molecule has 0 fully saturated rings. The van der Waals surface area contributed by atoms with E-state index in [1.165, 1.54) is 0 Å². The van der Waals surface area contributed by atoms with Crippen LogP contribution in [0.5, 0.6) is 0 Å². The summed E-state index contributed by atoms with van der Waals surface area (Å²) < 4.78 is 4.00. The average molecular weight is 491 g/mol. The Hall–Kier alpha value is -5.47. The Balaban J connectivity index is 1.69. The molecule has 6 aromatic rings. The van der Waals surface area contributed by atoms with Gasteiger partial charge >= 0.3 is 0 Å². The zero-order valence-electron chi connectivity index (χ0n) is 20.4. The summed E-state index contributed by atoms with van der Waals surface area (Å²) in [6.45, 7) is 0. The second kappa shape index (κ2) is 9.88. The molecular formula is C33H22N4O. The lowest BCUT2D eigenvalue weighted by Crippen LogP contribution is -2.18. The Bertz CT molecular complexity index is 1870. The van der Waals surface area contributed by atoms with Crippen LogP contribution >= 0.6 is 0 Å². The first-order valence-electron chi connectivity index (χ1n) is 12.3. The van der Waals surface area contributed by atoms with E-state index in [1.54, 1.807) is 12.1 Å². The van der Waals surface area contributed by atoms with E-state index in [0.717, 1.165) is 28.0 Å². The molecule has 0 aliphatic heterocycles. The molecule has 6 rings (SSSR count). The quantitative estimate of drug-likeness (QED) is 0.252. The summed E-state index contributed by atoms with van der Waals surface area (Å²) in [7, 11) is 0. The molecule has 0 saturated carbocycles. The number of carbonyl (C=O) groups excluding carboxylic acids is 1. The van der Waals surface area contributed by atoms with Crippen molar-refractivity contribution in [2.24, 2.45) is 4.99 Å². The molecule has 3 heterocycles. The predicted molar refractivity (Wildman–Crippen MR) is 148 cm³/mol. The van der Waals surface area contributed by atoms with Gasteiger partial charge in [0.2, 0.25) is 5.78 Å². The second-order valence-corrected chi connectivity index (χ2v) is 8.79. The molecule has 0 N–H and O–H groups in total. The Morgan fingerprint density at radius 1 is 0.711 bits per heavy atom. The molecule has 180 valence electrons. The number of nitriles is 1. The van der Waals surface area contributed by atoms with Crippen molar-refractivity contribution in [3.63, 3.8) is 0 Å². The molecule has 3 aromatic carbocycles. The maximum absolute atomic E-state index is 14.1. The highest BCUT2D eigenvalue weighted by atomic mass is 16.1. The molecular weight excluding hydrogens is 468 g/mol. The van der Waals surface area contributed by atoms with Gasteiger partial charge in [0.05, 0.1) is 28.5 Å². The van der Waals surface area contributed by atoms with E-state index < -0.39 is 0 Å². The van der Waals surface area contributed by atoms with Crippen LogP contribution in [0.1, 0.15) is 21.6 Å². The largest absolute Gasteiger partial charge is 0.311 e. The van der Waals surface area contributed by atoms with Crippen LogP contribution in [-0.2, 0) is 0 Å². The number of rotatable bonds is 5. The Morgan fingerprint density at radius 3 is 2.11 bits per heavy atom. The molecule has 38 heavy (non-hydrogen) atoms. The maximum atomic E-state index is 14.1. The van der Waals surface area contributed by atoms with Crippen LogP contribution < -0.4 is 5.49 Å². The molecule has 0 aliphatic rings. The van der Waals surface area contributed by atoms with Gasteiger partial charge in [-0.25, -0.2) is 4.99 Å². The Kier molecular flexibility index (Phi) is 5.97. The number of hydrogen-bond acceptors (Lipinski definition) is 3. The highest BCUT2D eigenvalue weighted by Gasteiger charge is 2.26. The first-order chi connectivity index (χ1) is 18.7. The molecule has 5 nitrogen and oxygen atoms in total. The molecule has 0 saturated heterocycles. The van der Waals surface area contributed by atoms with Gasteiger partial charge < -0.3 is 4.40 Å². The fourth-order valence-electron chi connectivity index (χ4n) is 4.72. The summed E-state index contributed by atoms with van der Waals surface area (Å²) in [4.78, 5) is 19.0. The summed E-state index contributed by atoms with van der Waals surface area (Å²) in [5.74, 6) is -0.0565. The molecule has 5 heteroatoms. The first-order valence-corrected chi connectivity index (χ1v) is 12.3. The summed E-state index contributed by atoms with van der Waals surface area (Å²) >= 11 is 0. The fraction of sp³-hybridized carbons (Fsp3) is 0. The van der Waals surface area contributed by atoms with E-state index in [9.17, 15) is 4.79 Å². The van der Waals surface area contributed by atoms with Gasteiger partial charge in [-0.1, -0.05) is 72.8 Å². The molecule has 0 radical (unpaired) electrons. The summed E-state index contributed by atoms with van der Waals surface area (Å²) in [6.07, 6.45) is 3.90. The van der Waals surface area contributed by atoms with Crippen molar-refractivity contribution in [1.82, 2.24) is 8.97 Å². The van der Waals surface area contributed by atoms with Crippen LogP contribution in [0.2, 0.25) is 0 Å². The van der Waals surface area contributed by atoms with Crippen LogP contribution in [0, 0.1) is 11.3 Å². The van der Waals surface area contributed by atoms with Crippen LogP contribution in [0.3, 0.4) is 0 Å². The highest BCUT2D eigenvalue weighted by molar-refractivity contribution is 6.14. The Labute approximate surface area is 219 Å². The molecule has 0 unspecified atom stereocenters. The van der Waals surface area contributed by atoms with Crippen molar-refractivity contribution >= 4 is 17.0 Å². The minimum absolute atomic E-state index is 0.0565. The van der Waals surface area contributed by atoms with E-state index in [4.69, 9.17) is 10.3 Å². The number of aromatic nitrogens is 2. The number of hydrogen-bond donors (Lipinski definition) is 0. The number of nitrogens with zero attached hydrogens (tertiary/aromatic N) is 4. The van der Waals surface area contributed by atoms with Crippen molar-refractivity contribution < 1.29 is 4.79 Å². The normalized spacial score (nSPS) is 11.4. The molecule has 0 atom stereocenters. The van der Waals surface area contributed by atoms with Crippen LogP contribution in [-0.4, -0.2) is 14.8 Å². The van der Waals surface area contributed by atoms with Crippen molar-refractivity contribution in [3.05, 3.63) is 156 Å². The first kappa shape index (κ1) is 23.0. The zero-order chi connectivity index (χ0) is 25.9. The van der Waals surface area contributed by atoms with Gasteiger partial charge in [-0.3, -0.25) is 9.36 Å². The average Bonchev–Trinajstić information content (AvgIpc) is 3.33. The SMILES string of the molecule is N#Cc1ccc(/N=c2\ccccn2-c2c(-c3ccccc3)c(C(=O)c3ccccc3)n3ccccc23)cc1. The van der Waals surface area contributed by atoms with Crippen molar-refractivity contribution in [3.8, 4) is 22.9 Å². The number of carbonyl (C=O) groups is 1. The summed E-state index contributed by atoms with van der Waals surface area (Å²) in [6, 6.07) is 40.5. The van der Waals surface area contributed by atoms with E-state index >= 15 is 0 Å². The fourth-order valence-corrected chi connectivity index (χ4v) is 4.72. The minimum Gasteiger partial charge on any atom is -0.311 e. The van der Waals surface area contributed by atoms with E-state index in [1.807, 2.05) is 131 Å². The van der Waals surface area contributed by atoms with E-state index in [0.29, 0.717) is 22.3 Å². The monoisotopic (exact) mass is 490 g/mol. The van der Waals surface area contributed by atoms with Crippen LogP contribution in [0.25, 0.3) is 22.3 Å². The molecule has 0 amide bonds. The van der Waals surface area contributed by atoms with Gasteiger partial charge in [-0.2, -0.15) is 5.26 Å². The van der Waals surface area contributed by atoms with E-state index in [2.05, 4.69) is 6.07 Å². The van der Waals surface area contributed by atoms with Crippen LogP contribution in [0.4, 0.5) is 5.69 Å². The zero-order valence-corrected chi connectivity index (χ0v) is 20.4. The van der Waals surface area contributed by atoms with Crippen molar-refractivity contribution in [1.29, 1.82) is 5.26 Å². The Morgan fingerprint density at radius 2 is 1.37 bits per heavy atom. The predicted octanol–water partition coefficient (Wildman–Crippen LogP) is 6.73. The van der Waals surface area contributed by atoms with Crippen molar-refractivity contribution in [2.45, 2.75) is 0 Å².